The molecule has 1 aliphatic heterocycles. The summed E-state index contributed by atoms with van der Waals surface area (Å²) in [7, 11) is 0. The van der Waals surface area contributed by atoms with Gasteiger partial charge in [0, 0.05) is 0 Å². The van der Waals surface area contributed by atoms with Crippen LogP contribution in [0.1, 0.15) is 43.2 Å². The van der Waals surface area contributed by atoms with E-state index in [1.54, 1.807) is 13.0 Å². The van der Waals surface area contributed by atoms with Crippen LogP contribution in [0.15, 0.2) is 18.2 Å². The first kappa shape index (κ1) is 16.1. The van der Waals surface area contributed by atoms with Crippen molar-refractivity contribution >= 4 is 0 Å². The largest absolute Gasteiger partial charge is 0.573 e. The van der Waals surface area contributed by atoms with Gasteiger partial charge in [0.05, 0.1) is 0 Å². The number of piperidine rings is 1. The fourth-order valence-corrected chi connectivity index (χ4v) is 3.09. The summed E-state index contributed by atoms with van der Waals surface area (Å²) in [6.07, 6.45) is -1.50. The Hall–Kier alpha value is -1.23. The molecule has 1 aromatic carbocycles. The van der Waals surface area contributed by atoms with E-state index in [2.05, 4.69) is 16.6 Å². The molecule has 1 saturated heterocycles. The zero-order valence-corrected chi connectivity index (χ0v) is 12.5. The summed E-state index contributed by atoms with van der Waals surface area (Å²) >= 11 is 0. The molecular weight excluding hydrogens is 279 g/mol. The molecule has 1 aliphatic rings. The molecule has 0 atom stereocenters. The molecule has 0 amide bonds. The predicted octanol–water partition coefficient (Wildman–Crippen LogP) is 4.48. The molecule has 21 heavy (non-hydrogen) atoms. The number of hydrogen-bond acceptors (Lipinski definition) is 2. The van der Waals surface area contributed by atoms with Crippen LogP contribution in [-0.2, 0) is 0 Å². The maximum Gasteiger partial charge on any atom is 0.573 e. The average molecular weight is 301 g/mol. The third-order valence-corrected chi connectivity index (χ3v) is 4.12. The Balaban J connectivity index is 2.09. The molecule has 118 valence electrons. The molecule has 0 aliphatic carbocycles. The first-order chi connectivity index (χ1) is 9.90. The van der Waals surface area contributed by atoms with Gasteiger partial charge in [-0.2, -0.15) is 0 Å². The second-order valence-corrected chi connectivity index (χ2v) is 5.63. The molecule has 1 fully saturated rings. The van der Waals surface area contributed by atoms with Crippen LogP contribution in [-0.4, -0.2) is 30.9 Å². The Kier molecular flexibility index (Phi) is 5.14. The van der Waals surface area contributed by atoms with Crippen molar-refractivity contribution in [2.45, 2.75) is 45.4 Å². The second kappa shape index (κ2) is 6.69. The summed E-state index contributed by atoms with van der Waals surface area (Å²) in [4.78, 5) is 2.42. The van der Waals surface area contributed by atoms with Gasteiger partial charge >= 0.3 is 6.36 Å². The van der Waals surface area contributed by atoms with Crippen molar-refractivity contribution in [1.82, 2.24) is 4.90 Å². The molecular formula is C16H22F3NO. The van der Waals surface area contributed by atoms with Gasteiger partial charge in [0.2, 0.25) is 0 Å². The van der Waals surface area contributed by atoms with Crippen molar-refractivity contribution in [2.24, 2.45) is 0 Å². The highest BCUT2D eigenvalue weighted by Crippen LogP contribution is 2.35. The topological polar surface area (TPSA) is 12.5 Å². The van der Waals surface area contributed by atoms with Gasteiger partial charge in [0.25, 0.3) is 0 Å². The summed E-state index contributed by atoms with van der Waals surface area (Å²) in [5, 5.41) is 0. The van der Waals surface area contributed by atoms with Gasteiger partial charge in [-0.25, -0.2) is 0 Å². The number of nitrogens with zero attached hydrogens (tertiary/aromatic N) is 1. The standard InChI is InChI=1S/C16H22F3NO/c1-3-9-20-10-7-13(8-11-20)14-5-4-6-15(12(14)2)21-16(17,18)19/h4-6,13H,3,7-11H2,1-2H3. The van der Waals surface area contributed by atoms with E-state index in [-0.39, 0.29) is 5.75 Å². The quantitative estimate of drug-likeness (QED) is 0.813. The fraction of sp³-hybridized carbons (Fsp3) is 0.625. The summed E-state index contributed by atoms with van der Waals surface area (Å²) in [5.41, 5.74) is 1.61. The lowest BCUT2D eigenvalue weighted by molar-refractivity contribution is -0.274. The third kappa shape index (κ3) is 4.37. The van der Waals surface area contributed by atoms with Gasteiger partial charge in [-0.1, -0.05) is 19.1 Å². The minimum atomic E-state index is -4.63. The molecule has 0 radical (unpaired) electrons. The molecule has 0 unspecified atom stereocenters. The lowest BCUT2D eigenvalue weighted by atomic mass is 9.86. The van der Waals surface area contributed by atoms with Crippen LogP contribution in [0, 0.1) is 6.92 Å². The number of halogens is 3. The Labute approximate surface area is 123 Å². The monoisotopic (exact) mass is 301 g/mol. The lowest BCUT2D eigenvalue weighted by Gasteiger charge is -2.32. The van der Waals surface area contributed by atoms with Gasteiger partial charge in [-0.05, 0) is 68.9 Å². The smallest absolute Gasteiger partial charge is 0.406 e. The van der Waals surface area contributed by atoms with Crippen molar-refractivity contribution in [3.05, 3.63) is 29.3 Å². The third-order valence-electron chi connectivity index (χ3n) is 4.12. The molecule has 0 saturated carbocycles. The van der Waals surface area contributed by atoms with Gasteiger partial charge in [0.15, 0.2) is 0 Å². The van der Waals surface area contributed by atoms with E-state index in [9.17, 15) is 13.2 Å². The van der Waals surface area contributed by atoms with Crippen LogP contribution in [0.5, 0.6) is 5.75 Å². The maximum absolute atomic E-state index is 12.4. The van der Waals surface area contributed by atoms with Crippen LogP contribution < -0.4 is 4.74 Å². The highest BCUT2D eigenvalue weighted by molar-refractivity contribution is 5.41. The van der Waals surface area contributed by atoms with Crippen molar-refractivity contribution in [1.29, 1.82) is 0 Å². The molecule has 1 aromatic rings. The number of ether oxygens (including phenoxy) is 1. The SMILES string of the molecule is CCCN1CCC(c2cccc(OC(F)(F)F)c2C)CC1. The van der Waals surface area contributed by atoms with Crippen LogP contribution >= 0.6 is 0 Å². The van der Waals surface area contributed by atoms with E-state index in [1.165, 1.54) is 6.07 Å². The minimum absolute atomic E-state index is 0.0732. The minimum Gasteiger partial charge on any atom is -0.406 e. The van der Waals surface area contributed by atoms with Crippen molar-refractivity contribution in [2.75, 3.05) is 19.6 Å². The Morgan fingerprint density at radius 3 is 2.48 bits per heavy atom. The van der Waals surface area contributed by atoms with E-state index >= 15 is 0 Å². The maximum atomic E-state index is 12.4. The number of hydrogen-bond donors (Lipinski definition) is 0. The van der Waals surface area contributed by atoms with Crippen molar-refractivity contribution in [3.8, 4) is 5.75 Å². The van der Waals surface area contributed by atoms with E-state index in [0.29, 0.717) is 11.5 Å². The van der Waals surface area contributed by atoms with Crippen LogP contribution in [0.4, 0.5) is 13.2 Å². The summed E-state index contributed by atoms with van der Waals surface area (Å²) in [5.74, 6) is 0.255. The van der Waals surface area contributed by atoms with E-state index in [0.717, 1.165) is 44.5 Å². The van der Waals surface area contributed by atoms with Crippen molar-refractivity contribution < 1.29 is 17.9 Å². The Bertz CT molecular complexity index is 465. The highest BCUT2D eigenvalue weighted by atomic mass is 19.4. The highest BCUT2D eigenvalue weighted by Gasteiger charge is 2.32. The first-order valence-electron chi connectivity index (χ1n) is 7.48. The predicted molar refractivity (Wildman–Crippen MR) is 76.6 cm³/mol. The molecule has 0 bridgehead atoms. The normalized spacial score (nSPS) is 18.0. The second-order valence-electron chi connectivity index (χ2n) is 5.63. The summed E-state index contributed by atoms with van der Waals surface area (Å²) < 4.78 is 41.3. The zero-order valence-electron chi connectivity index (χ0n) is 12.5. The first-order valence-corrected chi connectivity index (χ1v) is 7.48. The van der Waals surface area contributed by atoms with E-state index < -0.39 is 6.36 Å². The molecule has 0 aromatic heterocycles. The van der Waals surface area contributed by atoms with E-state index in [1.807, 2.05) is 6.07 Å². The molecule has 2 nitrogen and oxygen atoms in total. The molecule has 0 N–H and O–H groups in total. The van der Waals surface area contributed by atoms with Gasteiger partial charge < -0.3 is 9.64 Å². The van der Waals surface area contributed by atoms with Crippen LogP contribution in [0.25, 0.3) is 0 Å². The van der Waals surface area contributed by atoms with Crippen molar-refractivity contribution in [3.63, 3.8) is 0 Å². The Morgan fingerprint density at radius 1 is 1.24 bits per heavy atom. The molecule has 2 rings (SSSR count). The van der Waals surface area contributed by atoms with Crippen LogP contribution in [0.3, 0.4) is 0 Å². The van der Waals surface area contributed by atoms with Gasteiger partial charge in [-0.15, -0.1) is 13.2 Å². The zero-order chi connectivity index (χ0) is 15.5. The van der Waals surface area contributed by atoms with Crippen LogP contribution in [0.2, 0.25) is 0 Å². The fourth-order valence-electron chi connectivity index (χ4n) is 3.09. The lowest BCUT2D eigenvalue weighted by Crippen LogP contribution is -2.33. The summed E-state index contributed by atoms with van der Waals surface area (Å²) in [6, 6.07) is 4.97. The number of rotatable bonds is 4. The van der Waals surface area contributed by atoms with Gasteiger partial charge in [0.1, 0.15) is 5.75 Å². The molecule has 0 spiro atoms. The average Bonchev–Trinajstić information content (AvgIpc) is 2.41. The van der Waals surface area contributed by atoms with E-state index in [4.69, 9.17) is 0 Å². The van der Waals surface area contributed by atoms with Gasteiger partial charge in [-0.3, -0.25) is 0 Å². The molecule has 1 heterocycles. The Morgan fingerprint density at radius 2 is 1.90 bits per heavy atom. The summed E-state index contributed by atoms with van der Waals surface area (Å²) in [6.45, 7) is 7.01. The number of alkyl halides is 3. The molecule has 5 heteroatoms. The number of benzene rings is 1. The number of likely N-dealkylation sites (tertiary alicyclic amines) is 1.